The summed E-state index contributed by atoms with van der Waals surface area (Å²) in [4.78, 5) is 36.1. The first-order valence-electron chi connectivity index (χ1n) is 7.61. The van der Waals surface area contributed by atoms with E-state index in [1.807, 2.05) is 35.2 Å². The molecule has 1 saturated heterocycles. The predicted octanol–water partition coefficient (Wildman–Crippen LogP) is 0.809. The molecule has 1 aliphatic rings. The number of likely N-dealkylation sites (tertiary alicyclic amines) is 1. The number of nitrogens with one attached hydrogen (secondary N) is 2. The molecule has 1 unspecified atom stereocenters. The lowest BCUT2D eigenvalue weighted by molar-refractivity contribution is -0.141. The molecule has 1 aromatic rings. The molecule has 0 bridgehead atoms. The normalized spacial score (nSPS) is 17.7. The van der Waals surface area contributed by atoms with Gasteiger partial charge in [-0.3, -0.25) is 14.9 Å². The molecular formula is C16H21N3O4. The second kappa shape index (κ2) is 8.28. The zero-order valence-electron chi connectivity index (χ0n) is 12.8. The number of aliphatic carboxylic acids is 1. The molecule has 1 heterocycles. The third kappa shape index (κ3) is 5.71. The van der Waals surface area contributed by atoms with Crippen LogP contribution in [0.15, 0.2) is 30.3 Å². The van der Waals surface area contributed by atoms with Crippen molar-refractivity contribution < 1.29 is 19.5 Å². The van der Waals surface area contributed by atoms with Gasteiger partial charge in [0.05, 0.1) is 5.92 Å². The molecule has 0 aliphatic carbocycles. The fourth-order valence-electron chi connectivity index (χ4n) is 2.51. The van der Waals surface area contributed by atoms with Gasteiger partial charge in [0.25, 0.3) is 0 Å². The lowest BCUT2D eigenvalue weighted by atomic mass is 10.1. The number of imide groups is 1. The van der Waals surface area contributed by atoms with Crippen molar-refractivity contribution in [3.05, 3.63) is 35.9 Å². The van der Waals surface area contributed by atoms with E-state index >= 15 is 0 Å². The van der Waals surface area contributed by atoms with Crippen LogP contribution in [0.5, 0.6) is 0 Å². The minimum atomic E-state index is -0.794. The number of amides is 3. The number of nitrogens with zero attached hydrogens (tertiary/aromatic N) is 1. The minimum absolute atomic E-state index is 0.172. The van der Waals surface area contributed by atoms with Crippen molar-refractivity contribution in [1.82, 2.24) is 15.5 Å². The molecule has 124 valence electrons. The second-order valence-corrected chi connectivity index (χ2v) is 5.59. The Morgan fingerprint density at radius 3 is 2.61 bits per heavy atom. The molecule has 0 aromatic heterocycles. The molecule has 0 radical (unpaired) electrons. The summed E-state index contributed by atoms with van der Waals surface area (Å²) in [5.74, 6) is -1.51. The van der Waals surface area contributed by atoms with E-state index in [1.54, 1.807) is 0 Å². The highest BCUT2D eigenvalue weighted by Gasteiger charge is 2.27. The number of urea groups is 1. The van der Waals surface area contributed by atoms with Gasteiger partial charge in [-0.05, 0) is 18.5 Å². The van der Waals surface area contributed by atoms with E-state index < -0.39 is 12.0 Å². The van der Waals surface area contributed by atoms with Crippen LogP contribution in [0.25, 0.3) is 0 Å². The summed E-state index contributed by atoms with van der Waals surface area (Å²) in [6.07, 6.45) is 0.777. The molecule has 3 N–H and O–H groups in total. The third-order valence-electron chi connectivity index (χ3n) is 3.83. The molecule has 7 heteroatoms. The summed E-state index contributed by atoms with van der Waals surface area (Å²) in [5.41, 5.74) is 0.951. The predicted molar refractivity (Wildman–Crippen MR) is 83.6 cm³/mol. The molecule has 23 heavy (non-hydrogen) atoms. The van der Waals surface area contributed by atoms with Gasteiger partial charge in [0.1, 0.15) is 0 Å². The zero-order valence-corrected chi connectivity index (χ0v) is 12.8. The monoisotopic (exact) mass is 319 g/mol. The Kier molecular flexibility index (Phi) is 6.10. The maximum absolute atomic E-state index is 11.7. The van der Waals surface area contributed by atoms with E-state index in [4.69, 9.17) is 5.11 Å². The van der Waals surface area contributed by atoms with Crippen LogP contribution in [-0.2, 0) is 16.1 Å². The Hall–Kier alpha value is -2.41. The van der Waals surface area contributed by atoms with Gasteiger partial charge >= 0.3 is 12.0 Å². The van der Waals surface area contributed by atoms with Gasteiger partial charge in [0, 0.05) is 26.1 Å². The Labute approximate surface area is 134 Å². The molecular weight excluding hydrogens is 298 g/mol. The molecule has 1 fully saturated rings. The SMILES string of the molecule is O=C(CCN1CCC(C(=O)O)C1)NC(=O)NCc1ccccc1. The summed E-state index contributed by atoms with van der Waals surface area (Å²) in [6.45, 7) is 1.95. The number of hydrogen-bond donors (Lipinski definition) is 3. The first-order valence-corrected chi connectivity index (χ1v) is 7.61. The average Bonchev–Trinajstić information content (AvgIpc) is 3.01. The maximum Gasteiger partial charge on any atom is 0.321 e. The third-order valence-corrected chi connectivity index (χ3v) is 3.83. The van der Waals surface area contributed by atoms with E-state index in [2.05, 4.69) is 10.6 Å². The highest BCUT2D eigenvalue weighted by Crippen LogP contribution is 2.16. The minimum Gasteiger partial charge on any atom is -0.481 e. The van der Waals surface area contributed by atoms with E-state index in [-0.39, 0.29) is 18.2 Å². The smallest absolute Gasteiger partial charge is 0.321 e. The number of carboxylic acids is 1. The Balaban J connectivity index is 1.63. The molecule has 1 aromatic carbocycles. The lowest BCUT2D eigenvalue weighted by Crippen LogP contribution is -2.40. The maximum atomic E-state index is 11.7. The number of rotatable bonds is 6. The van der Waals surface area contributed by atoms with Gasteiger partial charge in [-0.1, -0.05) is 30.3 Å². The van der Waals surface area contributed by atoms with Gasteiger partial charge in [0.2, 0.25) is 5.91 Å². The van der Waals surface area contributed by atoms with Crippen molar-refractivity contribution >= 4 is 17.9 Å². The van der Waals surface area contributed by atoms with E-state index in [0.717, 1.165) is 5.56 Å². The average molecular weight is 319 g/mol. The van der Waals surface area contributed by atoms with Gasteiger partial charge in [-0.15, -0.1) is 0 Å². The highest BCUT2D eigenvalue weighted by atomic mass is 16.4. The summed E-state index contributed by atoms with van der Waals surface area (Å²) in [6, 6.07) is 8.88. The number of carboxylic acid groups (broad SMARTS) is 1. The van der Waals surface area contributed by atoms with Crippen molar-refractivity contribution in [3.63, 3.8) is 0 Å². The van der Waals surface area contributed by atoms with E-state index in [9.17, 15) is 14.4 Å². The number of carbonyl (C=O) groups excluding carboxylic acids is 2. The zero-order chi connectivity index (χ0) is 16.7. The van der Waals surface area contributed by atoms with Crippen molar-refractivity contribution in [2.75, 3.05) is 19.6 Å². The first kappa shape index (κ1) is 17.0. The van der Waals surface area contributed by atoms with E-state index in [0.29, 0.717) is 32.6 Å². The molecule has 2 rings (SSSR count). The van der Waals surface area contributed by atoms with Gasteiger partial charge < -0.3 is 15.3 Å². The van der Waals surface area contributed by atoms with Crippen LogP contribution in [0, 0.1) is 5.92 Å². The summed E-state index contributed by atoms with van der Waals surface area (Å²) < 4.78 is 0. The Morgan fingerprint density at radius 2 is 1.96 bits per heavy atom. The van der Waals surface area contributed by atoms with Crippen molar-refractivity contribution in [3.8, 4) is 0 Å². The van der Waals surface area contributed by atoms with Crippen LogP contribution >= 0.6 is 0 Å². The van der Waals surface area contributed by atoms with Crippen LogP contribution in [0.3, 0.4) is 0 Å². The molecule has 0 spiro atoms. The fraction of sp³-hybridized carbons (Fsp3) is 0.438. The van der Waals surface area contributed by atoms with Crippen LogP contribution in [-0.4, -0.2) is 47.5 Å². The Bertz CT molecular complexity index is 562. The van der Waals surface area contributed by atoms with Gasteiger partial charge in [-0.2, -0.15) is 0 Å². The molecule has 7 nitrogen and oxygen atoms in total. The molecule has 0 saturated carbocycles. The molecule has 3 amide bonds. The Morgan fingerprint density at radius 1 is 1.22 bits per heavy atom. The fourth-order valence-corrected chi connectivity index (χ4v) is 2.51. The summed E-state index contributed by atoms with van der Waals surface area (Å²) in [5, 5.41) is 13.8. The number of hydrogen-bond acceptors (Lipinski definition) is 4. The molecule has 1 atom stereocenters. The second-order valence-electron chi connectivity index (χ2n) is 5.59. The number of carbonyl (C=O) groups is 3. The van der Waals surface area contributed by atoms with Crippen LogP contribution in [0.2, 0.25) is 0 Å². The lowest BCUT2D eigenvalue weighted by Gasteiger charge is -2.14. The van der Waals surface area contributed by atoms with Crippen LogP contribution in [0.4, 0.5) is 4.79 Å². The van der Waals surface area contributed by atoms with Crippen molar-refractivity contribution in [2.45, 2.75) is 19.4 Å². The van der Waals surface area contributed by atoms with Gasteiger partial charge in [0.15, 0.2) is 0 Å². The first-order chi connectivity index (χ1) is 11.0. The quantitative estimate of drug-likeness (QED) is 0.721. The highest BCUT2D eigenvalue weighted by molar-refractivity contribution is 5.94. The van der Waals surface area contributed by atoms with Crippen LogP contribution in [0.1, 0.15) is 18.4 Å². The summed E-state index contributed by atoms with van der Waals surface area (Å²) in [7, 11) is 0. The molecule has 1 aliphatic heterocycles. The largest absolute Gasteiger partial charge is 0.481 e. The standard InChI is InChI=1S/C16H21N3O4/c20-14(7-9-19-8-6-13(11-19)15(21)22)18-16(23)17-10-12-4-2-1-3-5-12/h1-5,13H,6-11H2,(H,21,22)(H2,17,18,20,23). The van der Waals surface area contributed by atoms with Gasteiger partial charge in [-0.25, -0.2) is 4.79 Å². The van der Waals surface area contributed by atoms with Crippen molar-refractivity contribution in [2.24, 2.45) is 5.92 Å². The summed E-state index contributed by atoms with van der Waals surface area (Å²) >= 11 is 0. The van der Waals surface area contributed by atoms with Crippen molar-refractivity contribution in [1.29, 1.82) is 0 Å². The number of benzene rings is 1. The van der Waals surface area contributed by atoms with E-state index in [1.165, 1.54) is 0 Å². The van der Waals surface area contributed by atoms with Crippen LogP contribution < -0.4 is 10.6 Å². The topological polar surface area (TPSA) is 98.7 Å².